The summed E-state index contributed by atoms with van der Waals surface area (Å²) in [5.41, 5.74) is 2.48. The van der Waals surface area contributed by atoms with Gasteiger partial charge in [0, 0.05) is 24.3 Å². The summed E-state index contributed by atoms with van der Waals surface area (Å²) in [4.78, 5) is 27.9. The molecule has 29 heavy (non-hydrogen) atoms. The summed E-state index contributed by atoms with van der Waals surface area (Å²) < 4.78 is 5.53. The minimum atomic E-state index is -0.606. The molecule has 0 unspecified atom stereocenters. The van der Waals surface area contributed by atoms with Crippen molar-refractivity contribution in [3.8, 4) is 0 Å². The number of rotatable bonds is 9. The Morgan fingerprint density at radius 3 is 2.31 bits per heavy atom. The van der Waals surface area contributed by atoms with Gasteiger partial charge in [-0.05, 0) is 62.9 Å². The Hall–Kier alpha value is -2.34. The van der Waals surface area contributed by atoms with Gasteiger partial charge in [-0.2, -0.15) is 0 Å². The van der Waals surface area contributed by atoms with Crippen LogP contribution >= 0.6 is 0 Å². The number of anilines is 1. The van der Waals surface area contributed by atoms with Crippen LogP contribution in [-0.2, 0) is 9.53 Å². The molecule has 160 valence electrons. The molecule has 1 fully saturated rings. The van der Waals surface area contributed by atoms with Crippen LogP contribution in [0.5, 0.6) is 0 Å². The molecular weight excluding hydrogens is 366 g/mol. The Morgan fingerprint density at radius 1 is 1.21 bits per heavy atom. The topological polar surface area (TPSA) is 70.7 Å². The molecule has 0 aliphatic carbocycles. The lowest BCUT2D eigenvalue weighted by molar-refractivity contribution is -0.124. The predicted octanol–water partition coefficient (Wildman–Crippen LogP) is 3.14. The van der Waals surface area contributed by atoms with Gasteiger partial charge in [0.25, 0.3) is 5.91 Å². The molecular formula is C23H35N3O3. The van der Waals surface area contributed by atoms with Crippen LogP contribution in [0.3, 0.4) is 0 Å². The summed E-state index contributed by atoms with van der Waals surface area (Å²) in [6.07, 6.45) is 0.443. The maximum Gasteiger partial charge on any atom is 0.251 e. The molecule has 0 radical (unpaired) electrons. The summed E-state index contributed by atoms with van der Waals surface area (Å²) in [7, 11) is 0. The minimum Gasteiger partial charge on any atom is -0.372 e. The van der Waals surface area contributed by atoms with Crippen molar-refractivity contribution in [1.29, 1.82) is 0 Å². The number of amides is 2. The van der Waals surface area contributed by atoms with E-state index in [9.17, 15) is 9.59 Å². The average Bonchev–Trinajstić information content (AvgIpc) is 3.00. The lowest BCUT2D eigenvalue weighted by atomic mass is 10.0. The minimum absolute atomic E-state index is 0.116. The van der Waals surface area contributed by atoms with Gasteiger partial charge in [-0.1, -0.05) is 20.4 Å². The second-order valence-corrected chi connectivity index (χ2v) is 8.04. The Bertz CT molecular complexity index is 711. The molecule has 2 rings (SSSR count). The van der Waals surface area contributed by atoms with Crippen LogP contribution in [0.1, 0.15) is 51.4 Å². The van der Waals surface area contributed by atoms with Crippen molar-refractivity contribution >= 4 is 17.5 Å². The van der Waals surface area contributed by atoms with E-state index >= 15 is 0 Å². The van der Waals surface area contributed by atoms with Gasteiger partial charge in [0.15, 0.2) is 0 Å². The highest BCUT2D eigenvalue weighted by Gasteiger charge is 2.32. The van der Waals surface area contributed by atoms with Crippen molar-refractivity contribution in [2.75, 3.05) is 24.6 Å². The normalized spacial score (nSPS) is 19.9. The number of nitrogens with one attached hydrogen (secondary N) is 2. The van der Waals surface area contributed by atoms with E-state index in [2.05, 4.69) is 36.0 Å². The standard InChI is InChI=1S/C23H35N3O3/c1-7-26(8-2)19-11-9-18(10-12-19)22(27)24-20(13-15(3)4)23(28)25-21-16(5)14-29-17(21)6/h9-12,15,17,20-21H,5,7-8,13-14H2,1-4,6H3,(H,24,27)(H,25,28)/t17-,20+,21+/m1/s1. The van der Waals surface area contributed by atoms with Crippen LogP contribution in [0, 0.1) is 5.92 Å². The lowest BCUT2D eigenvalue weighted by Gasteiger charge is -2.24. The van der Waals surface area contributed by atoms with Crippen molar-refractivity contribution in [3.63, 3.8) is 0 Å². The van der Waals surface area contributed by atoms with Crippen LogP contribution in [0.2, 0.25) is 0 Å². The van der Waals surface area contributed by atoms with Crippen LogP contribution in [0.15, 0.2) is 36.4 Å². The molecule has 1 aromatic carbocycles. The van der Waals surface area contributed by atoms with Crippen molar-refractivity contribution in [2.24, 2.45) is 5.92 Å². The highest BCUT2D eigenvalue weighted by atomic mass is 16.5. The van der Waals surface area contributed by atoms with Crippen molar-refractivity contribution in [2.45, 2.75) is 59.2 Å². The third-order valence-electron chi connectivity index (χ3n) is 5.33. The SMILES string of the molecule is C=C1CO[C@H](C)[C@H]1NC(=O)[C@H](CC(C)C)NC(=O)c1ccc(N(CC)CC)cc1. The summed E-state index contributed by atoms with van der Waals surface area (Å²) in [6.45, 7) is 16.4. The molecule has 0 aromatic heterocycles. The van der Waals surface area contributed by atoms with E-state index < -0.39 is 6.04 Å². The zero-order valence-corrected chi connectivity index (χ0v) is 18.3. The number of carbonyl (C=O) groups excluding carboxylic acids is 2. The largest absolute Gasteiger partial charge is 0.372 e. The molecule has 0 spiro atoms. The number of hydrogen-bond donors (Lipinski definition) is 2. The molecule has 1 aliphatic rings. The first-order valence-electron chi connectivity index (χ1n) is 10.5. The van der Waals surface area contributed by atoms with Gasteiger partial charge in [-0.3, -0.25) is 9.59 Å². The fourth-order valence-electron chi connectivity index (χ4n) is 3.59. The van der Waals surface area contributed by atoms with Gasteiger partial charge in [-0.15, -0.1) is 0 Å². The first kappa shape index (κ1) is 22.9. The zero-order chi connectivity index (χ0) is 21.6. The molecule has 0 bridgehead atoms. The van der Waals surface area contributed by atoms with Gasteiger partial charge in [0.05, 0.1) is 18.8 Å². The summed E-state index contributed by atoms with van der Waals surface area (Å²) in [5.74, 6) is -0.182. The monoisotopic (exact) mass is 401 g/mol. The second kappa shape index (κ2) is 10.4. The maximum absolute atomic E-state index is 12.9. The third-order valence-corrected chi connectivity index (χ3v) is 5.33. The first-order valence-corrected chi connectivity index (χ1v) is 10.5. The fourth-order valence-corrected chi connectivity index (χ4v) is 3.59. The van der Waals surface area contributed by atoms with Crippen LogP contribution < -0.4 is 15.5 Å². The molecule has 2 amide bonds. The Labute approximate surface area is 174 Å². The maximum atomic E-state index is 12.9. The molecule has 1 saturated heterocycles. The van der Waals surface area contributed by atoms with Crippen molar-refractivity contribution in [3.05, 3.63) is 42.0 Å². The molecule has 1 aliphatic heterocycles. The third kappa shape index (κ3) is 6.07. The molecule has 3 atom stereocenters. The smallest absolute Gasteiger partial charge is 0.251 e. The van der Waals surface area contributed by atoms with E-state index in [0.717, 1.165) is 24.4 Å². The van der Waals surface area contributed by atoms with E-state index in [0.29, 0.717) is 18.6 Å². The quantitative estimate of drug-likeness (QED) is 0.624. The van der Waals surface area contributed by atoms with Crippen LogP contribution in [0.25, 0.3) is 0 Å². The summed E-state index contributed by atoms with van der Waals surface area (Å²) >= 11 is 0. The van der Waals surface area contributed by atoms with Gasteiger partial charge in [0.1, 0.15) is 6.04 Å². The first-order chi connectivity index (χ1) is 13.8. The number of hydrogen-bond acceptors (Lipinski definition) is 4. The molecule has 6 nitrogen and oxygen atoms in total. The Kier molecular flexibility index (Phi) is 8.26. The molecule has 6 heteroatoms. The van der Waals surface area contributed by atoms with E-state index in [1.165, 1.54) is 0 Å². The molecule has 1 heterocycles. The predicted molar refractivity (Wildman–Crippen MR) is 117 cm³/mol. The highest BCUT2D eigenvalue weighted by molar-refractivity contribution is 5.97. The van der Waals surface area contributed by atoms with Crippen molar-refractivity contribution < 1.29 is 14.3 Å². The van der Waals surface area contributed by atoms with Gasteiger partial charge < -0.3 is 20.3 Å². The number of benzene rings is 1. The Morgan fingerprint density at radius 2 is 1.83 bits per heavy atom. The van der Waals surface area contributed by atoms with E-state index in [1.807, 2.05) is 45.0 Å². The number of ether oxygens (including phenoxy) is 1. The Balaban J connectivity index is 2.07. The highest BCUT2D eigenvalue weighted by Crippen LogP contribution is 2.19. The summed E-state index contributed by atoms with van der Waals surface area (Å²) in [6, 6.07) is 6.68. The van der Waals surface area contributed by atoms with Gasteiger partial charge in [0.2, 0.25) is 5.91 Å². The molecule has 0 saturated carbocycles. The van der Waals surface area contributed by atoms with Gasteiger partial charge >= 0.3 is 0 Å². The average molecular weight is 402 g/mol. The van der Waals surface area contributed by atoms with Gasteiger partial charge in [-0.25, -0.2) is 0 Å². The van der Waals surface area contributed by atoms with Crippen LogP contribution in [-0.4, -0.2) is 49.7 Å². The van der Waals surface area contributed by atoms with E-state index in [-0.39, 0.29) is 29.9 Å². The number of nitrogens with zero attached hydrogens (tertiary/aromatic N) is 1. The van der Waals surface area contributed by atoms with Crippen LogP contribution in [0.4, 0.5) is 5.69 Å². The fraction of sp³-hybridized carbons (Fsp3) is 0.565. The second-order valence-electron chi connectivity index (χ2n) is 8.04. The summed E-state index contributed by atoms with van der Waals surface area (Å²) in [5, 5.41) is 5.90. The van der Waals surface area contributed by atoms with E-state index in [4.69, 9.17) is 4.74 Å². The zero-order valence-electron chi connectivity index (χ0n) is 18.3. The number of carbonyl (C=O) groups is 2. The molecule has 1 aromatic rings. The molecule has 2 N–H and O–H groups in total. The lowest BCUT2D eigenvalue weighted by Crippen LogP contribution is -2.51. The van der Waals surface area contributed by atoms with E-state index in [1.54, 1.807) is 0 Å². The van der Waals surface area contributed by atoms with Crippen molar-refractivity contribution in [1.82, 2.24) is 10.6 Å².